The number of hydrogen-bond donors (Lipinski definition) is 2. The minimum absolute atomic E-state index is 0.302. The minimum atomic E-state index is -0.302. The number of nitrogens with one attached hydrogen (secondary N) is 2. The van der Waals surface area contributed by atoms with E-state index in [0.717, 1.165) is 0 Å². The second-order valence-electron chi connectivity index (χ2n) is 5.74. The van der Waals surface area contributed by atoms with Gasteiger partial charge in [-0.1, -0.05) is 12.1 Å². The van der Waals surface area contributed by atoms with Crippen LogP contribution in [0.25, 0.3) is 0 Å². The van der Waals surface area contributed by atoms with E-state index in [0.29, 0.717) is 39.8 Å². The number of rotatable bonds is 6. The largest absolute Gasteiger partial charge is 0.493 e. The normalized spacial score (nSPS) is 9.89. The summed E-state index contributed by atoms with van der Waals surface area (Å²) in [6.45, 7) is 0. The van der Waals surface area contributed by atoms with Crippen molar-refractivity contribution < 1.29 is 14.3 Å². The molecule has 3 aromatic rings. The highest BCUT2D eigenvalue weighted by molar-refractivity contribution is 6.04. The maximum absolute atomic E-state index is 12.5. The molecule has 7 nitrogen and oxygen atoms in total. The van der Waals surface area contributed by atoms with Crippen LogP contribution < -0.4 is 20.1 Å². The summed E-state index contributed by atoms with van der Waals surface area (Å²) >= 11 is 0. The van der Waals surface area contributed by atoms with Gasteiger partial charge in [-0.3, -0.25) is 4.79 Å². The van der Waals surface area contributed by atoms with Crippen LogP contribution in [-0.2, 0) is 0 Å². The number of nitriles is 1. The maximum Gasteiger partial charge on any atom is 0.257 e. The number of anilines is 3. The van der Waals surface area contributed by atoms with Crippen molar-refractivity contribution in [1.82, 2.24) is 4.98 Å². The van der Waals surface area contributed by atoms with E-state index in [1.165, 1.54) is 13.3 Å². The lowest BCUT2D eigenvalue weighted by Crippen LogP contribution is -2.12. The Morgan fingerprint density at radius 1 is 1.04 bits per heavy atom. The summed E-state index contributed by atoms with van der Waals surface area (Å²) in [5.41, 5.74) is 2.14. The molecule has 0 aliphatic carbocycles. The highest BCUT2D eigenvalue weighted by Crippen LogP contribution is 2.30. The molecule has 3 rings (SSSR count). The van der Waals surface area contributed by atoms with Crippen molar-refractivity contribution in [3.05, 3.63) is 71.9 Å². The third-order valence-electron chi connectivity index (χ3n) is 3.98. The maximum atomic E-state index is 12.5. The van der Waals surface area contributed by atoms with Gasteiger partial charge < -0.3 is 20.1 Å². The van der Waals surface area contributed by atoms with Gasteiger partial charge in [0.05, 0.1) is 31.0 Å². The van der Waals surface area contributed by atoms with Crippen LogP contribution in [0.3, 0.4) is 0 Å². The molecule has 0 spiro atoms. The summed E-state index contributed by atoms with van der Waals surface area (Å²) in [6.07, 6.45) is 1.47. The molecule has 0 aliphatic heterocycles. The van der Waals surface area contributed by atoms with Gasteiger partial charge in [0.1, 0.15) is 11.9 Å². The average molecular weight is 374 g/mol. The first-order chi connectivity index (χ1) is 13.6. The number of benzene rings is 2. The van der Waals surface area contributed by atoms with Gasteiger partial charge in [0.2, 0.25) is 0 Å². The lowest BCUT2D eigenvalue weighted by atomic mass is 10.2. The highest BCUT2D eigenvalue weighted by Gasteiger charge is 2.10. The molecule has 0 saturated carbocycles. The Morgan fingerprint density at radius 3 is 2.50 bits per heavy atom. The summed E-state index contributed by atoms with van der Waals surface area (Å²) in [4.78, 5) is 16.7. The number of aromatic nitrogens is 1. The van der Waals surface area contributed by atoms with Crippen LogP contribution in [0.2, 0.25) is 0 Å². The summed E-state index contributed by atoms with van der Waals surface area (Å²) in [5, 5.41) is 15.0. The van der Waals surface area contributed by atoms with E-state index < -0.39 is 0 Å². The van der Waals surface area contributed by atoms with Crippen LogP contribution >= 0.6 is 0 Å². The molecule has 0 bridgehead atoms. The first-order valence-corrected chi connectivity index (χ1v) is 8.40. The summed E-state index contributed by atoms with van der Waals surface area (Å²) in [6, 6.07) is 17.7. The predicted molar refractivity (Wildman–Crippen MR) is 106 cm³/mol. The summed E-state index contributed by atoms with van der Waals surface area (Å²) < 4.78 is 10.4. The molecule has 1 amide bonds. The van der Waals surface area contributed by atoms with Gasteiger partial charge in [0.25, 0.3) is 5.91 Å². The quantitative estimate of drug-likeness (QED) is 0.678. The number of methoxy groups -OCH3 is 2. The number of pyridine rings is 1. The van der Waals surface area contributed by atoms with Gasteiger partial charge in [0.15, 0.2) is 11.5 Å². The molecule has 2 aromatic carbocycles. The van der Waals surface area contributed by atoms with E-state index in [1.807, 2.05) is 6.07 Å². The molecular formula is C21H18N4O3. The standard InChI is InChI=1S/C21H18N4O3/c1-27-18-9-8-16(11-19(18)28-2)24-21(26)15-7-10-20(23-13-15)25-17-6-4-3-5-14(17)12-22/h3-11,13H,1-2H3,(H,23,25)(H,24,26). The average Bonchev–Trinajstić information content (AvgIpc) is 2.74. The van der Waals surface area contributed by atoms with Gasteiger partial charge in [-0.05, 0) is 36.4 Å². The molecular weight excluding hydrogens is 356 g/mol. The van der Waals surface area contributed by atoms with Crippen molar-refractivity contribution in [2.24, 2.45) is 0 Å². The number of carbonyl (C=O) groups is 1. The molecule has 0 saturated heterocycles. The number of para-hydroxylation sites is 1. The lowest BCUT2D eigenvalue weighted by molar-refractivity contribution is 0.102. The molecule has 2 N–H and O–H groups in total. The molecule has 1 heterocycles. The van der Waals surface area contributed by atoms with Gasteiger partial charge in [0, 0.05) is 18.0 Å². The fourth-order valence-electron chi connectivity index (χ4n) is 2.55. The molecule has 0 unspecified atom stereocenters. The molecule has 0 fully saturated rings. The molecule has 0 aliphatic rings. The minimum Gasteiger partial charge on any atom is -0.493 e. The zero-order valence-electron chi connectivity index (χ0n) is 15.4. The predicted octanol–water partition coefficient (Wildman–Crippen LogP) is 3.97. The Kier molecular flexibility index (Phi) is 5.72. The van der Waals surface area contributed by atoms with Gasteiger partial charge in [-0.25, -0.2) is 4.98 Å². The van der Waals surface area contributed by atoms with Crippen LogP contribution in [0.1, 0.15) is 15.9 Å². The molecule has 7 heteroatoms. The van der Waals surface area contributed by atoms with E-state index in [9.17, 15) is 4.79 Å². The second kappa shape index (κ2) is 8.56. The fraction of sp³-hybridized carbons (Fsp3) is 0.0952. The summed E-state index contributed by atoms with van der Waals surface area (Å²) in [7, 11) is 3.08. The van der Waals surface area contributed by atoms with Crippen LogP contribution in [0.5, 0.6) is 11.5 Å². The monoisotopic (exact) mass is 374 g/mol. The zero-order chi connectivity index (χ0) is 19.9. The molecule has 140 valence electrons. The summed E-state index contributed by atoms with van der Waals surface area (Å²) in [5.74, 6) is 1.33. The van der Waals surface area contributed by atoms with Crippen LogP contribution in [-0.4, -0.2) is 25.1 Å². The Balaban J connectivity index is 1.71. The third kappa shape index (κ3) is 4.19. The van der Waals surface area contributed by atoms with E-state index in [-0.39, 0.29) is 5.91 Å². The van der Waals surface area contributed by atoms with Gasteiger partial charge >= 0.3 is 0 Å². The lowest BCUT2D eigenvalue weighted by Gasteiger charge is -2.11. The topological polar surface area (TPSA) is 96.3 Å². The van der Waals surface area contributed by atoms with E-state index in [2.05, 4.69) is 21.7 Å². The Morgan fingerprint density at radius 2 is 1.82 bits per heavy atom. The first kappa shape index (κ1) is 18.7. The smallest absolute Gasteiger partial charge is 0.257 e. The van der Waals surface area contributed by atoms with E-state index in [1.54, 1.807) is 55.6 Å². The van der Waals surface area contributed by atoms with Crippen molar-refractivity contribution in [3.63, 3.8) is 0 Å². The SMILES string of the molecule is COc1ccc(NC(=O)c2ccc(Nc3ccccc3C#N)nc2)cc1OC. The molecule has 28 heavy (non-hydrogen) atoms. The zero-order valence-corrected chi connectivity index (χ0v) is 15.4. The Labute approximate surface area is 162 Å². The van der Waals surface area contributed by atoms with Crippen molar-refractivity contribution in [1.29, 1.82) is 5.26 Å². The Hall–Kier alpha value is -4.05. The number of hydrogen-bond acceptors (Lipinski definition) is 6. The third-order valence-corrected chi connectivity index (χ3v) is 3.98. The van der Waals surface area contributed by atoms with Crippen molar-refractivity contribution in [3.8, 4) is 17.6 Å². The Bertz CT molecular complexity index is 1030. The number of amides is 1. The van der Waals surface area contributed by atoms with Crippen molar-refractivity contribution in [2.45, 2.75) is 0 Å². The fourth-order valence-corrected chi connectivity index (χ4v) is 2.55. The van der Waals surface area contributed by atoms with Crippen molar-refractivity contribution in [2.75, 3.05) is 24.9 Å². The van der Waals surface area contributed by atoms with Gasteiger partial charge in [-0.15, -0.1) is 0 Å². The molecule has 0 atom stereocenters. The van der Waals surface area contributed by atoms with E-state index >= 15 is 0 Å². The van der Waals surface area contributed by atoms with Crippen LogP contribution in [0, 0.1) is 11.3 Å². The highest BCUT2D eigenvalue weighted by atomic mass is 16.5. The van der Waals surface area contributed by atoms with Gasteiger partial charge in [-0.2, -0.15) is 5.26 Å². The van der Waals surface area contributed by atoms with Crippen LogP contribution in [0.15, 0.2) is 60.8 Å². The van der Waals surface area contributed by atoms with E-state index in [4.69, 9.17) is 14.7 Å². The molecule has 0 radical (unpaired) electrons. The van der Waals surface area contributed by atoms with Crippen molar-refractivity contribution >= 4 is 23.1 Å². The number of nitrogens with zero attached hydrogens (tertiary/aromatic N) is 2. The number of carbonyl (C=O) groups excluding carboxylic acids is 1. The molecule has 1 aromatic heterocycles. The number of ether oxygens (including phenoxy) is 2. The first-order valence-electron chi connectivity index (χ1n) is 8.40. The second-order valence-corrected chi connectivity index (χ2v) is 5.74. The van der Waals surface area contributed by atoms with Crippen LogP contribution in [0.4, 0.5) is 17.2 Å².